The van der Waals surface area contributed by atoms with Gasteiger partial charge < -0.3 is 9.84 Å². The molecule has 0 unspecified atom stereocenters. The molecular weight excluding hydrogens is 222 g/mol. The summed E-state index contributed by atoms with van der Waals surface area (Å²) in [6.45, 7) is 5.36. The molecule has 1 N–H and O–H groups in total. The van der Waals surface area contributed by atoms with Gasteiger partial charge in [-0.1, -0.05) is 0 Å². The first-order chi connectivity index (χ1) is 7.76. The van der Waals surface area contributed by atoms with Gasteiger partial charge in [-0.05, 0) is 46.5 Å². The predicted octanol–water partition coefficient (Wildman–Crippen LogP) is 2.00. The maximum Gasteiger partial charge on any atom is 0.411 e. The fourth-order valence-corrected chi connectivity index (χ4v) is 2.88. The van der Waals surface area contributed by atoms with Gasteiger partial charge in [0.1, 0.15) is 11.1 Å². The summed E-state index contributed by atoms with van der Waals surface area (Å²) in [5.74, 6) is -0.900. The van der Waals surface area contributed by atoms with Crippen LogP contribution in [0.2, 0.25) is 0 Å². The third kappa shape index (κ3) is 1.87. The number of amides is 1. The van der Waals surface area contributed by atoms with Crippen LogP contribution in [0.1, 0.15) is 46.5 Å². The molecule has 5 nitrogen and oxygen atoms in total. The number of rotatable bonds is 1. The minimum atomic E-state index is -1.01. The van der Waals surface area contributed by atoms with Crippen LogP contribution in [-0.4, -0.2) is 39.3 Å². The van der Waals surface area contributed by atoms with Crippen molar-refractivity contribution < 1.29 is 19.4 Å². The molecule has 2 saturated heterocycles. The van der Waals surface area contributed by atoms with Gasteiger partial charge >= 0.3 is 12.1 Å². The normalized spacial score (nSPS) is 31.7. The van der Waals surface area contributed by atoms with E-state index in [2.05, 4.69) is 0 Å². The van der Waals surface area contributed by atoms with Gasteiger partial charge in [0, 0.05) is 6.04 Å². The van der Waals surface area contributed by atoms with Crippen LogP contribution in [0.25, 0.3) is 0 Å². The van der Waals surface area contributed by atoms with Crippen LogP contribution < -0.4 is 0 Å². The van der Waals surface area contributed by atoms with E-state index in [0.29, 0.717) is 12.8 Å². The third-order valence-electron chi connectivity index (χ3n) is 3.60. The van der Waals surface area contributed by atoms with Crippen molar-refractivity contribution in [3.8, 4) is 0 Å². The Bertz CT molecular complexity index is 350. The van der Waals surface area contributed by atoms with Crippen molar-refractivity contribution in [3.05, 3.63) is 0 Å². The fraction of sp³-hybridized carbons (Fsp3) is 0.833. The van der Waals surface area contributed by atoms with Gasteiger partial charge in [-0.2, -0.15) is 0 Å². The van der Waals surface area contributed by atoms with E-state index in [1.54, 1.807) is 20.8 Å². The summed E-state index contributed by atoms with van der Waals surface area (Å²) in [5, 5.41) is 9.36. The predicted molar refractivity (Wildman–Crippen MR) is 60.7 cm³/mol. The van der Waals surface area contributed by atoms with E-state index in [4.69, 9.17) is 4.74 Å². The van der Waals surface area contributed by atoms with Gasteiger partial charge in [0.25, 0.3) is 0 Å². The van der Waals surface area contributed by atoms with E-state index < -0.39 is 23.2 Å². The average molecular weight is 241 g/mol. The van der Waals surface area contributed by atoms with Crippen molar-refractivity contribution in [3.63, 3.8) is 0 Å². The van der Waals surface area contributed by atoms with E-state index in [1.165, 1.54) is 4.90 Å². The van der Waals surface area contributed by atoms with Crippen LogP contribution in [-0.2, 0) is 9.53 Å². The molecule has 0 aromatic rings. The van der Waals surface area contributed by atoms with Crippen LogP contribution in [0.5, 0.6) is 0 Å². The molecule has 1 amide bonds. The molecule has 2 rings (SSSR count). The standard InChI is InChI=1S/C12H19NO4/c1-11(2,3)17-10(16)13-8-4-6-12(13,7-5-8)9(14)15/h8H,4-7H2,1-3H3,(H,14,15). The highest BCUT2D eigenvalue weighted by atomic mass is 16.6. The Morgan fingerprint density at radius 1 is 1.29 bits per heavy atom. The number of carboxylic acids is 1. The minimum absolute atomic E-state index is 0.0425. The van der Waals surface area contributed by atoms with Gasteiger partial charge in [0.2, 0.25) is 0 Å². The van der Waals surface area contributed by atoms with Crippen molar-refractivity contribution in [1.29, 1.82) is 0 Å². The fourth-order valence-electron chi connectivity index (χ4n) is 2.88. The van der Waals surface area contributed by atoms with Crippen molar-refractivity contribution in [1.82, 2.24) is 4.90 Å². The zero-order chi connectivity index (χ0) is 12.8. The molecule has 17 heavy (non-hydrogen) atoms. The summed E-state index contributed by atoms with van der Waals surface area (Å²) >= 11 is 0. The SMILES string of the molecule is CC(C)(C)OC(=O)N1C2CCC1(C(=O)O)CC2. The molecule has 0 spiro atoms. The molecule has 2 aliphatic rings. The first-order valence-electron chi connectivity index (χ1n) is 6.02. The molecule has 2 aliphatic heterocycles. The number of ether oxygens (including phenoxy) is 1. The molecule has 0 atom stereocenters. The number of carbonyl (C=O) groups is 2. The summed E-state index contributed by atoms with van der Waals surface area (Å²) < 4.78 is 5.30. The molecule has 2 fully saturated rings. The van der Waals surface area contributed by atoms with Crippen LogP contribution >= 0.6 is 0 Å². The van der Waals surface area contributed by atoms with Crippen LogP contribution in [0.15, 0.2) is 0 Å². The molecular formula is C12H19NO4. The van der Waals surface area contributed by atoms with Gasteiger partial charge in [-0.15, -0.1) is 0 Å². The second kappa shape index (κ2) is 3.62. The van der Waals surface area contributed by atoms with Crippen molar-refractivity contribution in [2.45, 2.75) is 63.6 Å². The van der Waals surface area contributed by atoms with Crippen molar-refractivity contribution in [2.75, 3.05) is 0 Å². The monoisotopic (exact) mass is 241 g/mol. The summed E-state index contributed by atoms with van der Waals surface area (Å²) in [5.41, 5.74) is -1.59. The van der Waals surface area contributed by atoms with E-state index in [-0.39, 0.29) is 6.04 Å². The number of nitrogens with zero attached hydrogens (tertiary/aromatic N) is 1. The summed E-state index contributed by atoms with van der Waals surface area (Å²) in [6, 6.07) is 0.0425. The molecule has 0 aliphatic carbocycles. The lowest BCUT2D eigenvalue weighted by Crippen LogP contribution is -2.52. The summed E-state index contributed by atoms with van der Waals surface area (Å²) in [7, 11) is 0. The van der Waals surface area contributed by atoms with Crippen LogP contribution in [0.4, 0.5) is 4.79 Å². The molecule has 2 bridgehead atoms. The highest BCUT2D eigenvalue weighted by Gasteiger charge is 2.59. The second-order valence-corrected chi connectivity index (χ2v) is 5.92. The van der Waals surface area contributed by atoms with E-state index in [1.807, 2.05) is 0 Å². The van der Waals surface area contributed by atoms with Gasteiger partial charge in [0.05, 0.1) is 0 Å². The van der Waals surface area contributed by atoms with E-state index >= 15 is 0 Å². The highest BCUT2D eigenvalue weighted by molar-refractivity contribution is 5.86. The minimum Gasteiger partial charge on any atom is -0.479 e. The Morgan fingerprint density at radius 3 is 2.24 bits per heavy atom. The van der Waals surface area contributed by atoms with Gasteiger partial charge in [-0.3, -0.25) is 4.90 Å². The first-order valence-corrected chi connectivity index (χ1v) is 6.02. The maximum atomic E-state index is 12.1. The van der Waals surface area contributed by atoms with Crippen LogP contribution in [0.3, 0.4) is 0 Å². The molecule has 0 saturated carbocycles. The highest BCUT2D eigenvalue weighted by Crippen LogP contribution is 2.47. The summed E-state index contributed by atoms with van der Waals surface area (Å²) in [4.78, 5) is 24.9. The Morgan fingerprint density at radius 2 is 1.82 bits per heavy atom. The second-order valence-electron chi connectivity index (χ2n) is 5.92. The zero-order valence-corrected chi connectivity index (χ0v) is 10.5. The molecule has 96 valence electrons. The van der Waals surface area contributed by atoms with Gasteiger partial charge in [0.15, 0.2) is 0 Å². The largest absolute Gasteiger partial charge is 0.479 e. The topological polar surface area (TPSA) is 66.8 Å². The number of carbonyl (C=O) groups excluding carboxylic acids is 1. The van der Waals surface area contributed by atoms with Crippen molar-refractivity contribution >= 4 is 12.1 Å². The summed E-state index contributed by atoms with van der Waals surface area (Å²) in [6.07, 6.45) is 2.15. The number of hydrogen-bond acceptors (Lipinski definition) is 3. The average Bonchev–Trinajstić information content (AvgIpc) is 2.70. The van der Waals surface area contributed by atoms with Crippen LogP contribution in [0, 0.1) is 0 Å². The Kier molecular flexibility index (Phi) is 2.60. The molecule has 2 heterocycles. The molecule has 0 aromatic heterocycles. The lowest BCUT2D eigenvalue weighted by Gasteiger charge is -2.32. The Labute approximate surface area is 101 Å². The van der Waals surface area contributed by atoms with E-state index in [9.17, 15) is 14.7 Å². The smallest absolute Gasteiger partial charge is 0.411 e. The Hall–Kier alpha value is -1.26. The Balaban J connectivity index is 2.21. The lowest BCUT2D eigenvalue weighted by molar-refractivity contribution is -0.148. The number of aliphatic carboxylic acids is 1. The molecule has 0 radical (unpaired) electrons. The van der Waals surface area contributed by atoms with Gasteiger partial charge in [-0.25, -0.2) is 9.59 Å². The third-order valence-corrected chi connectivity index (χ3v) is 3.60. The van der Waals surface area contributed by atoms with E-state index in [0.717, 1.165) is 12.8 Å². The first kappa shape index (κ1) is 12.2. The number of carboxylic acid groups (broad SMARTS) is 1. The molecule has 0 aromatic carbocycles. The quantitative estimate of drug-likeness (QED) is 0.762. The molecule has 5 heteroatoms. The lowest BCUT2D eigenvalue weighted by atomic mass is 9.88. The van der Waals surface area contributed by atoms with Crippen molar-refractivity contribution in [2.24, 2.45) is 0 Å². The number of hydrogen-bond donors (Lipinski definition) is 1. The number of fused-ring (bicyclic) bond motifs is 2. The maximum absolute atomic E-state index is 12.1. The zero-order valence-electron chi connectivity index (χ0n) is 10.5.